The zero-order valence-corrected chi connectivity index (χ0v) is 20.1. The van der Waals surface area contributed by atoms with Crippen LogP contribution in [0.1, 0.15) is 50.5 Å². The number of likely N-dealkylation sites (tertiary alicyclic amines) is 1. The Morgan fingerprint density at radius 3 is 2.74 bits per heavy atom. The Morgan fingerprint density at radius 2 is 2.03 bits per heavy atom. The van der Waals surface area contributed by atoms with E-state index in [0.717, 1.165) is 37.8 Å². The summed E-state index contributed by atoms with van der Waals surface area (Å²) in [6, 6.07) is 9.81. The van der Waals surface area contributed by atoms with Crippen molar-refractivity contribution in [3.05, 3.63) is 29.8 Å². The molecule has 1 aromatic carbocycles. The lowest BCUT2D eigenvalue weighted by molar-refractivity contribution is -0.130. The van der Waals surface area contributed by atoms with Gasteiger partial charge in [0.1, 0.15) is 12.2 Å². The Morgan fingerprint density at radius 1 is 1.24 bits per heavy atom. The lowest BCUT2D eigenvalue weighted by Crippen LogP contribution is -2.52. The molecule has 3 N–H and O–H groups in total. The summed E-state index contributed by atoms with van der Waals surface area (Å²) in [4.78, 5) is 14.3. The molecule has 4 bridgehead atoms. The highest BCUT2D eigenvalue weighted by molar-refractivity contribution is 8.25. The maximum Gasteiger partial charge on any atom is 0.237 e. The molecular weight excluding hydrogens is 455 g/mol. The Labute approximate surface area is 201 Å². The third-order valence-electron chi connectivity index (χ3n) is 9.23. The van der Waals surface area contributed by atoms with E-state index in [4.69, 9.17) is 0 Å². The van der Waals surface area contributed by atoms with Crippen LogP contribution in [0.4, 0.5) is 10.1 Å². The van der Waals surface area contributed by atoms with Crippen LogP contribution in [0.15, 0.2) is 24.3 Å². The van der Waals surface area contributed by atoms with Gasteiger partial charge in [-0.1, -0.05) is 12.1 Å². The lowest BCUT2D eigenvalue weighted by atomic mass is 9.65. The van der Waals surface area contributed by atoms with E-state index >= 15 is 0 Å². The van der Waals surface area contributed by atoms with Gasteiger partial charge in [-0.3, -0.25) is 18.2 Å². The van der Waals surface area contributed by atoms with Crippen molar-refractivity contribution in [3.8, 4) is 6.07 Å². The number of nitriles is 1. The second-order valence-electron chi connectivity index (χ2n) is 11.2. The normalized spacial score (nSPS) is 40.6. The van der Waals surface area contributed by atoms with Crippen molar-refractivity contribution < 1.29 is 18.3 Å². The van der Waals surface area contributed by atoms with Crippen LogP contribution < -0.4 is 9.62 Å². The summed E-state index contributed by atoms with van der Waals surface area (Å²) in [7, 11) is -2.69. The van der Waals surface area contributed by atoms with E-state index < -0.39 is 23.0 Å². The number of hydrogen-bond donors (Lipinski definition) is 3. The highest BCUT2D eigenvalue weighted by atomic mass is 32.3. The molecule has 4 unspecified atom stereocenters. The monoisotopic (exact) mass is 488 g/mol. The maximum atomic E-state index is 13.8. The number of alkyl halides is 1. The molecule has 7 rings (SSSR count). The minimum Gasteiger partial charge on any atom is -0.323 e. The zero-order chi connectivity index (χ0) is 23.7. The highest BCUT2D eigenvalue weighted by Gasteiger charge is 2.64. The van der Waals surface area contributed by atoms with Crippen LogP contribution in [0.5, 0.6) is 0 Å². The molecule has 1 aromatic rings. The summed E-state index contributed by atoms with van der Waals surface area (Å²) in [6.45, 7) is 0.858. The second-order valence-corrected chi connectivity index (χ2v) is 13.4. The van der Waals surface area contributed by atoms with Crippen molar-refractivity contribution in [2.24, 2.45) is 11.8 Å². The minimum atomic E-state index is -2.69. The molecule has 4 aliphatic carbocycles. The van der Waals surface area contributed by atoms with Crippen LogP contribution in [0.3, 0.4) is 0 Å². The molecule has 2 aliphatic heterocycles. The topological polar surface area (TPSA) is 99.8 Å². The van der Waals surface area contributed by atoms with Gasteiger partial charge < -0.3 is 10.2 Å². The van der Waals surface area contributed by atoms with Crippen molar-refractivity contribution in [2.45, 2.75) is 68.1 Å². The largest absolute Gasteiger partial charge is 0.323 e. The molecular formula is C25H33FN4O3S. The molecule has 7 nitrogen and oxygen atoms in total. The average molecular weight is 489 g/mol. The molecule has 1 amide bonds. The van der Waals surface area contributed by atoms with Crippen LogP contribution in [0.25, 0.3) is 0 Å². The van der Waals surface area contributed by atoms with Gasteiger partial charge in [0.25, 0.3) is 0 Å². The average Bonchev–Trinajstić information content (AvgIpc) is 3.49. The number of halogens is 1. The summed E-state index contributed by atoms with van der Waals surface area (Å²) >= 11 is 0. The predicted octanol–water partition coefficient (Wildman–Crippen LogP) is 3.81. The summed E-state index contributed by atoms with van der Waals surface area (Å²) in [6.07, 6.45) is 5.30. The molecule has 2 saturated heterocycles. The number of rotatable bonds is 5. The second kappa shape index (κ2) is 7.82. The Hall–Kier alpha value is -1.86. The van der Waals surface area contributed by atoms with E-state index in [1.807, 2.05) is 12.1 Å². The molecule has 2 heterocycles. The first kappa shape index (κ1) is 22.6. The van der Waals surface area contributed by atoms with E-state index in [-0.39, 0.29) is 36.4 Å². The van der Waals surface area contributed by atoms with E-state index in [1.165, 1.54) is 16.9 Å². The molecule has 6 atom stereocenters. The van der Waals surface area contributed by atoms with Gasteiger partial charge in [-0.15, -0.1) is 10.8 Å². The van der Waals surface area contributed by atoms with Crippen molar-refractivity contribution in [1.82, 2.24) is 10.2 Å². The number of nitrogens with zero attached hydrogens (tertiary/aromatic N) is 3. The number of benzene rings is 1. The van der Waals surface area contributed by atoms with E-state index in [9.17, 15) is 23.6 Å². The fourth-order valence-electron chi connectivity index (χ4n) is 7.99. The SMILES string of the molecule is N#C[C@@H]1C[C@@H](F)CN1C(=O)CNC12CC3CC1CC(c1ccc(N4CCCS4(O)O)cc1)(C3)C2. The number of carbonyl (C=O) groups is 1. The first-order valence-corrected chi connectivity index (χ1v) is 14.1. The Kier molecular flexibility index (Phi) is 5.20. The first-order valence-electron chi connectivity index (χ1n) is 12.5. The van der Waals surface area contributed by atoms with Crippen LogP contribution in [0.2, 0.25) is 0 Å². The van der Waals surface area contributed by atoms with Gasteiger partial charge in [-0.05, 0) is 73.5 Å². The molecule has 184 valence electrons. The van der Waals surface area contributed by atoms with Crippen LogP contribution in [0, 0.1) is 23.2 Å². The van der Waals surface area contributed by atoms with Crippen molar-refractivity contribution in [1.29, 1.82) is 5.26 Å². The molecule has 9 heteroatoms. The van der Waals surface area contributed by atoms with Crippen molar-refractivity contribution >= 4 is 22.4 Å². The van der Waals surface area contributed by atoms with Gasteiger partial charge in [-0.25, -0.2) is 4.39 Å². The first-order chi connectivity index (χ1) is 16.2. The standard InChI is InChI=1S/C25H33FN4O3S/c26-20-9-22(13-27)29(15-20)23(31)14-28-25-11-17-8-19(25)12-24(10-17,16-25)18-2-4-21(5-3-18)30-6-1-7-34(30,32)33/h2-5,17,19-20,22,28,32-33H,1,6-12,14-16H2/t17?,19?,20-,22+,24?,25?/m1/s1. The number of carbonyl (C=O) groups excluding carboxylic acids is 1. The molecule has 4 saturated carbocycles. The van der Waals surface area contributed by atoms with Gasteiger partial charge in [0.05, 0.1) is 30.6 Å². The molecule has 6 aliphatic rings. The minimum absolute atomic E-state index is 0.0236. The molecule has 0 aromatic heterocycles. The lowest BCUT2D eigenvalue weighted by Gasteiger charge is -2.42. The Bertz CT molecular complexity index is 1030. The van der Waals surface area contributed by atoms with Gasteiger partial charge in [-0.2, -0.15) is 5.26 Å². The number of hydrogen-bond acceptors (Lipinski definition) is 6. The summed E-state index contributed by atoms with van der Waals surface area (Å²) in [5.74, 6) is 1.42. The predicted molar refractivity (Wildman–Crippen MR) is 129 cm³/mol. The fraction of sp³-hybridized carbons (Fsp3) is 0.680. The third kappa shape index (κ3) is 3.45. The van der Waals surface area contributed by atoms with Crippen LogP contribution in [-0.2, 0) is 10.2 Å². The van der Waals surface area contributed by atoms with Gasteiger partial charge >= 0.3 is 0 Å². The van der Waals surface area contributed by atoms with Gasteiger partial charge in [0.2, 0.25) is 5.91 Å². The summed E-state index contributed by atoms with van der Waals surface area (Å²) in [5, 5.41) is 12.9. The van der Waals surface area contributed by atoms with Crippen LogP contribution in [-0.4, -0.2) is 63.1 Å². The smallest absolute Gasteiger partial charge is 0.237 e. The third-order valence-corrected chi connectivity index (χ3v) is 11.2. The molecule has 34 heavy (non-hydrogen) atoms. The molecule has 0 spiro atoms. The van der Waals surface area contributed by atoms with E-state index in [0.29, 0.717) is 24.1 Å². The summed E-state index contributed by atoms with van der Waals surface area (Å²) < 4.78 is 36.2. The molecule has 6 fully saturated rings. The van der Waals surface area contributed by atoms with Gasteiger partial charge in [0, 0.05) is 18.5 Å². The maximum absolute atomic E-state index is 13.8. The van der Waals surface area contributed by atoms with Crippen molar-refractivity contribution in [3.63, 3.8) is 0 Å². The zero-order valence-electron chi connectivity index (χ0n) is 19.3. The van der Waals surface area contributed by atoms with Crippen LogP contribution >= 0.6 is 10.8 Å². The number of anilines is 1. The summed E-state index contributed by atoms with van der Waals surface area (Å²) in [5.41, 5.74) is 2.19. The Balaban J connectivity index is 1.17. The van der Waals surface area contributed by atoms with E-state index in [2.05, 4.69) is 23.5 Å². The van der Waals surface area contributed by atoms with Gasteiger partial charge in [0.15, 0.2) is 0 Å². The quantitative estimate of drug-likeness (QED) is 0.583. The number of nitrogens with one attached hydrogen (secondary N) is 1. The van der Waals surface area contributed by atoms with E-state index in [1.54, 1.807) is 4.31 Å². The fourth-order valence-corrected chi connectivity index (χ4v) is 9.61. The number of amides is 1. The molecule has 0 radical (unpaired) electrons. The highest BCUT2D eigenvalue weighted by Crippen LogP contribution is 2.66. The van der Waals surface area contributed by atoms with Crippen molar-refractivity contribution in [2.75, 3.05) is 29.7 Å².